The van der Waals surface area contributed by atoms with Crippen molar-refractivity contribution in [1.82, 2.24) is 20.2 Å². The minimum Gasteiger partial charge on any atom is -0.481 e. The quantitative estimate of drug-likeness (QED) is 0.778. The van der Waals surface area contributed by atoms with Crippen molar-refractivity contribution >= 4 is 17.5 Å². The zero-order valence-electron chi connectivity index (χ0n) is 11.8. The Balaban J connectivity index is 1.81. The van der Waals surface area contributed by atoms with Crippen molar-refractivity contribution in [3.05, 3.63) is 23.1 Å². The highest BCUT2D eigenvalue weighted by Crippen LogP contribution is 2.42. The summed E-state index contributed by atoms with van der Waals surface area (Å²) in [5.74, 6) is 0.497. The van der Waals surface area contributed by atoms with Crippen molar-refractivity contribution in [1.29, 1.82) is 0 Å². The summed E-state index contributed by atoms with van der Waals surface area (Å²) in [4.78, 5) is 20.4. The fraction of sp³-hybridized carbons (Fsp3) is 0.385. The monoisotopic (exact) mass is 288 g/mol. The molecule has 0 spiro atoms. The van der Waals surface area contributed by atoms with Gasteiger partial charge in [0.15, 0.2) is 5.69 Å². The third-order valence-corrected chi connectivity index (χ3v) is 3.30. The Hall–Kier alpha value is -2.64. The Morgan fingerprint density at radius 2 is 2.24 bits per heavy atom. The summed E-state index contributed by atoms with van der Waals surface area (Å²) in [5, 5.41) is 9.41. The average Bonchev–Trinajstić information content (AvgIpc) is 3.21. The molecule has 0 aromatic carbocycles. The zero-order chi connectivity index (χ0) is 15.0. The highest BCUT2D eigenvalue weighted by Gasteiger charge is 2.30. The van der Waals surface area contributed by atoms with Gasteiger partial charge in [-0.2, -0.15) is 10.1 Å². The van der Waals surface area contributed by atoms with Crippen LogP contribution in [0.1, 0.15) is 40.6 Å². The number of rotatable bonds is 4. The molecule has 2 heterocycles. The van der Waals surface area contributed by atoms with E-state index in [-0.39, 0.29) is 11.6 Å². The van der Waals surface area contributed by atoms with E-state index in [0.29, 0.717) is 23.2 Å². The van der Waals surface area contributed by atoms with E-state index in [0.717, 1.165) is 18.5 Å². The first kappa shape index (κ1) is 13.3. The number of H-pyrrole nitrogens is 1. The van der Waals surface area contributed by atoms with Gasteiger partial charge in [0.05, 0.1) is 18.5 Å². The summed E-state index contributed by atoms with van der Waals surface area (Å²) in [5.41, 5.74) is 8.05. The van der Waals surface area contributed by atoms with Crippen LogP contribution >= 0.6 is 0 Å². The number of nitrogens with two attached hydrogens (primary N) is 1. The number of amides is 1. The minimum atomic E-state index is -0.441. The smallest absolute Gasteiger partial charge is 0.280 e. The molecule has 8 nitrogen and oxygen atoms in total. The van der Waals surface area contributed by atoms with Gasteiger partial charge in [0, 0.05) is 17.7 Å². The lowest BCUT2D eigenvalue weighted by Crippen LogP contribution is -2.16. The number of methoxy groups -OCH3 is 1. The molecule has 0 bridgehead atoms. The molecule has 110 valence electrons. The molecule has 4 N–H and O–H groups in total. The molecule has 1 fully saturated rings. The van der Waals surface area contributed by atoms with E-state index >= 15 is 0 Å². The number of anilines is 2. The van der Waals surface area contributed by atoms with Gasteiger partial charge in [-0.05, 0) is 19.8 Å². The Morgan fingerprint density at radius 3 is 2.90 bits per heavy atom. The van der Waals surface area contributed by atoms with Crippen LogP contribution in [-0.2, 0) is 0 Å². The number of aromatic nitrogens is 4. The van der Waals surface area contributed by atoms with E-state index in [4.69, 9.17) is 10.5 Å². The Kier molecular flexibility index (Phi) is 3.20. The van der Waals surface area contributed by atoms with Gasteiger partial charge in [0.2, 0.25) is 11.8 Å². The van der Waals surface area contributed by atoms with Crippen LogP contribution in [0.5, 0.6) is 5.88 Å². The summed E-state index contributed by atoms with van der Waals surface area (Å²) in [7, 11) is 1.50. The van der Waals surface area contributed by atoms with Crippen LogP contribution in [0.15, 0.2) is 6.07 Å². The molecule has 1 aliphatic rings. The maximum absolute atomic E-state index is 12.2. The first-order valence-corrected chi connectivity index (χ1v) is 6.63. The lowest BCUT2D eigenvalue weighted by Gasteiger charge is -2.05. The van der Waals surface area contributed by atoms with Gasteiger partial charge in [-0.1, -0.05) is 0 Å². The normalized spacial score (nSPS) is 14.0. The fourth-order valence-corrected chi connectivity index (χ4v) is 2.08. The first-order valence-electron chi connectivity index (χ1n) is 6.63. The second-order valence-electron chi connectivity index (χ2n) is 5.00. The van der Waals surface area contributed by atoms with Gasteiger partial charge in [0.25, 0.3) is 5.91 Å². The number of hydrogen-bond donors (Lipinski definition) is 3. The van der Waals surface area contributed by atoms with Gasteiger partial charge < -0.3 is 10.5 Å². The van der Waals surface area contributed by atoms with Crippen LogP contribution in [0, 0.1) is 6.92 Å². The highest BCUT2D eigenvalue weighted by atomic mass is 16.5. The molecule has 3 rings (SSSR count). The van der Waals surface area contributed by atoms with Crippen LogP contribution in [0.4, 0.5) is 11.6 Å². The number of nitrogens with one attached hydrogen (secondary N) is 2. The Labute approximate surface area is 121 Å². The van der Waals surface area contributed by atoms with Crippen LogP contribution < -0.4 is 15.8 Å². The maximum atomic E-state index is 12.2. The van der Waals surface area contributed by atoms with Gasteiger partial charge in [0.1, 0.15) is 0 Å². The lowest BCUT2D eigenvalue weighted by atomic mass is 10.2. The first-order chi connectivity index (χ1) is 10.1. The number of aromatic amines is 1. The van der Waals surface area contributed by atoms with Crippen LogP contribution in [0.25, 0.3) is 0 Å². The number of carbonyl (C=O) groups is 1. The predicted octanol–water partition coefficient (Wildman–Crippen LogP) is 1.23. The Bertz CT molecular complexity index is 692. The van der Waals surface area contributed by atoms with E-state index in [9.17, 15) is 4.79 Å². The van der Waals surface area contributed by atoms with Gasteiger partial charge in [-0.15, -0.1) is 0 Å². The third kappa shape index (κ3) is 2.64. The van der Waals surface area contributed by atoms with Crippen molar-refractivity contribution in [2.45, 2.75) is 25.7 Å². The maximum Gasteiger partial charge on any atom is 0.280 e. The molecule has 8 heteroatoms. The summed E-state index contributed by atoms with van der Waals surface area (Å²) in [6, 6.07) is 1.67. The molecule has 2 aromatic rings. The molecular weight excluding hydrogens is 272 g/mol. The molecule has 1 saturated carbocycles. The van der Waals surface area contributed by atoms with E-state index in [1.165, 1.54) is 7.11 Å². The van der Waals surface area contributed by atoms with Crippen LogP contribution in [-0.4, -0.2) is 33.2 Å². The van der Waals surface area contributed by atoms with Crippen molar-refractivity contribution in [2.75, 3.05) is 18.2 Å². The molecule has 0 radical (unpaired) electrons. The molecular formula is C13H16N6O2. The molecule has 0 atom stereocenters. The second-order valence-corrected chi connectivity index (χ2v) is 5.00. The SMILES string of the molecule is COc1cc(C)nc(NC(=O)c2n[nH]c(C3CC3)c2N)n1. The summed E-state index contributed by atoms with van der Waals surface area (Å²) in [6.07, 6.45) is 2.15. The second kappa shape index (κ2) is 5.04. The highest BCUT2D eigenvalue weighted by molar-refractivity contribution is 6.05. The van der Waals surface area contributed by atoms with Crippen molar-refractivity contribution in [2.24, 2.45) is 0 Å². The third-order valence-electron chi connectivity index (χ3n) is 3.30. The Morgan fingerprint density at radius 1 is 1.48 bits per heavy atom. The fourth-order valence-electron chi connectivity index (χ4n) is 2.08. The van der Waals surface area contributed by atoms with Crippen molar-refractivity contribution in [3.8, 4) is 5.88 Å². The summed E-state index contributed by atoms with van der Waals surface area (Å²) < 4.78 is 5.04. The lowest BCUT2D eigenvalue weighted by molar-refractivity contribution is 0.102. The van der Waals surface area contributed by atoms with Gasteiger partial charge >= 0.3 is 0 Å². The number of aryl methyl sites for hydroxylation is 1. The van der Waals surface area contributed by atoms with E-state index < -0.39 is 5.91 Å². The zero-order valence-corrected chi connectivity index (χ0v) is 11.8. The van der Waals surface area contributed by atoms with E-state index in [1.807, 2.05) is 0 Å². The number of ether oxygens (including phenoxy) is 1. The molecule has 2 aromatic heterocycles. The minimum absolute atomic E-state index is 0.159. The summed E-state index contributed by atoms with van der Waals surface area (Å²) in [6.45, 7) is 1.79. The van der Waals surface area contributed by atoms with Crippen LogP contribution in [0.3, 0.4) is 0 Å². The van der Waals surface area contributed by atoms with Crippen LogP contribution in [0.2, 0.25) is 0 Å². The number of hydrogen-bond acceptors (Lipinski definition) is 6. The van der Waals surface area contributed by atoms with E-state index in [2.05, 4.69) is 25.5 Å². The van der Waals surface area contributed by atoms with Gasteiger partial charge in [-0.3, -0.25) is 15.2 Å². The number of nitrogen functional groups attached to an aromatic ring is 1. The van der Waals surface area contributed by atoms with Crippen molar-refractivity contribution < 1.29 is 9.53 Å². The molecule has 21 heavy (non-hydrogen) atoms. The van der Waals surface area contributed by atoms with E-state index in [1.54, 1.807) is 13.0 Å². The average molecular weight is 288 g/mol. The largest absolute Gasteiger partial charge is 0.481 e. The number of carbonyl (C=O) groups excluding carboxylic acids is 1. The predicted molar refractivity (Wildman–Crippen MR) is 76.2 cm³/mol. The molecule has 0 unspecified atom stereocenters. The van der Waals surface area contributed by atoms with Crippen molar-refractivity contribution in [3.63, 3.8) is 0 Å². The van der Waals surface area contributed by atoms with Gasteiger partial charge in [-0.25, -0.2) is 4.98 Å². The molecule has 0 aliphatic heterocycles. The molecule has 0 saturated heterocycles. The topological polar surface area (TPSA) is 119 Å². The standard InChI is InChI=1S/C13H16N6O2/c1-6-5-8(21-2)16-13(15-6)17-12(20)11-9(14)10(18-19-11)7-3-4-7/h5,7H,3-4,14H2,1-2H3,(H,18,19)(H,15,16,17,20). The molecule has 1 aliphatic carbocycles. The number of nitrogens with zero attached hydrogens (tertiary/aromatic N) is 3. The molecule has 1 amide bonds. The summed E-state index contributed by atoms with van der Waals surface area (Å²) >= 11 is 0.